The Hall–Kier alpha value is -3.44. The van der Waals surface area contributed by atoms with E-state index < -0.39 is 17.8 Å². The lowest BCUT2D eigenvalue weighted by Crippen LogP contribution is -2.38. The molecule has 0 spiro atoms. The number of alkyl halides is 3. The van der Waals surface area contributed by atoms with E-state index in [4.69, 9.17) is 5.41 Å². The normalized spacial score (nSPS) is 14.1. The van der Waals surface area contributed by atoms with E-state index in [1.54, 1.807) is 11.9 Å². The number of likely N-dealkylation sites (tertiary alicyclic amines) is 1. The van der Waals surface area contributed by atoms with Crippen molar-refractivity contribution in [2.24, 2.45) is 0 Å². The van der Waals surface area contributed by atoms with E-state index in [9.17, 15) is 22.8 Å². The SMILES string of the molecule is C=C(CCc1cc(C(=O)NC)c2nc(C(F)(F)F)c(C)n2n1)N(C)CC(=N)N1CCCC1=O. The molecule has 2 aromatic heterocycles. The zero-order valence-corrected chi connectivity index (χ0v) is 18.7. The fourth-order valence-electron chi connectivity index (χ4n) is 3.69. The number of likely N-dealkylation sites (N-methyl/N-ethyl adjacent to an activating group) is 1. The van der Waals surface area contributed by atoms with Gasteiger partial charge in [-0.1, -0.05) is 6.58 Å². The van der Waals surface area contributed by atoms with Crippen LogP contribution in [0.4, 0.5) is 13.2 Å². The summed E-state index contributed by atoms with van der Waals surface area (Å²) >= 11 is 0. The molecule has 9 nitrogen and oxygen atoms in total. The third kappa shape index (κ3) is 4.99. The van der Waals surface area contributed by atoms with Crippen molar-refractivity contribution < 1.29 is 22.8 Å². The molecule has 0 radical (unpaired) electrons. The number of carbonyl (C=O) groups excluding carboxylic acids is 2. The topological polar surface area (TPSA) is 107 Å². The highest BCUT2D eigenvalue weighted by atomic mass is 19.4. The number of rotatable bonds is 7. The number of fused-ring (bicyclic) bond motifs is 1. The molecule has 178 valence electrons. The lowest BCUT2D eigenvalue weighted by Gasteiger charge is -2.25. The van der Waals surface area contributed by atoms with Crippen molar-refractivity contribution in [1.29, 1.82) is 5.41 Å². The van der Waals surface area contributed by atoms with Gasteiger partial charge in [0.15, 0.2) is 11.3 Å². The van der Waals surface area contributed by atoms with Crippen LogP contribution in [0.5, 0.6) is 0 Å². The van der Waals surface area contributed by atoms with Gasteiger partial charge in [0.05, 0.1) is 23.5 Å². The summed E-state index contributed by atoms with van der Waals surface area (Å²) in [7, 11) is 3.13. The minimum Gasteiger partial charge on any atom is -0.371 e. The first-order valence-corrected chi connectivity index (χ1v) is 10.4. The van der Waals surface area contributed by atoms with Crippen molar-refractivity contribution in [2.45, 2.75) is 38.8 Å². The molecule has 33 heavy (non-hydrogen) atoms. The molecule has 1 fully saturated rings. The number of nitrogens with one attached hydrogen (secondary N) is 2. The summed E-state index contributed by atoms with van der Waals surface area (Å²) in [5, 5.41) is 14.9. The molecule has 3 heterocycles. The van der Waals surface area contributed by atoms with Gasteiger partial charge in [-0.05, 0) is 32.3 Å². The average Bonchev–Trinajstić information content (AvgIpc) is 3.33. The molecule has 12 heteroatoms. The van der Waals surface area contributed by atoms with Crippen molar-refractivity contribution >= 4 is 23.3 Å². The van der Waals surface area contributed by atoms with Crippen LogP contribution < -0.4 is 5.32 Å². The standard InChI is InChI=1S/C21H26F3N7O2/c1-12(29(4)11-16(25)30-9-5-6-17(30)32)7-8-14-10-15(20(33)26-3)19-27-18(21(22,23)24)13(2)31(19)28-14/h10,25H,1,5-9,11H2,2-4H3,(H,26,33). The Morgan fingerprint density at radius 1 is 1.39 bits per heavy atom. The van der Waals surface area contributed by atoms with Crippen LogP contribution in [-0.4, -0.2) is 69.2 Å². The number of hydrogen-bond donors (Lipinski definition) is 2. The maximum Gasteiger partial charge on any atom is 0.435 e. The molecule has 2 aromatic rings. The summed E-state index contributed by atoms with van der Waals surface area (Å²) in [5.41, 5.74) is -0.402. The minimum atomic E-state index is -4.67. The predicted molar refractivity (Wildman–Crippen MR) is 115 cm³/mol. The molecule has 1 saturated heterocycles. The molecule has 0 unspecified atom stereocenters. The van der Waals surface area contributed by atoms with Crippen molar-refractivity contribution in [3.05, 3.63) is 41.0 Å². The summed E-state index contributed by atoms with van der Waals surface area (Å²) in [4.78, 5) is 31.0. The summed E-state index contributed by atoms with van der Waals surface area (Å²) < 4.78 is 41.0. The van der Waals surface area contributed by atoms with Gasteiger partial charge in [0.1, 0.15) is 5.84 Å². The number of nitrogens with zero attached hydrogens (tertiary/aromatic N) is 5. The summed E-state index contributed by atoms with van der Waals surface area (Å²) in [6, 6.07) is 1.43. The van der Waals surface area contributed by atoms with E-state index in [2.05, 4.69) is 22.0 Å². The van der Waals surface area contributed by atoms with Crippen LogP contribution in [0, 0.1) is 12.3 Å². The summed E-state index contributed by atoms with van der Waals surface area (Å²) in [6.07, 6.45) is -2.80. The molecule has 0 aromatic carbocycles. The number of halogens is 3. The van der Waals surface area contributed by atoms with Crippen LogP contribution in [0.2, 0.25) is 0 Å². The number of aromatic nitrogens is 3. The van der Waals surface area contributed by atoms with Crippen LogP contribution in [0.25, 0.3) is 5.65 Å². The van der Waals surface area contributed by atoms with E-state index in [-0.39, 0.29) is 35.2 Å². The Bertz CT molecular complexity index is 1120. The van der Waals surface area contributed by atoms with E-state index in [0.717, 1.165) is 10.9 Å². The zero-order valence-electron chi connectivity index (χ0n) is 18.7. The van der Waals surface area contributed by atoms with Gasteiger partial charge >= 0.3 is 6.18 Å². The van der Waals surface area contributed by atoms with E-state index in [1.807, 2.05) is 0 Å². The van der Waals surface area contributed by atoms with Gasteiger partial charge in [-0.3, -0.25) is 19.9 Å². The highest BCUT2D eigenvalue weighted by Crippen LogP contribution is 2.32. The fourth-order valence-corrected chi connectivity index (χ4v) is 3.69. The second-order valence-electron chi connectivity index (χ2n) is 7.93. The first-order chi connectivity index (χ1) is 15.4. The highest BCUT2D eigenvalue weighted by molar-refractivity contribution is 6.00. The second kappa shape index (κ2) is 9.20. The molecule has 1 aliphatic heterocycles. The first kappa shape index (κ1) is 24.2. The highest BCUT2D eigenvalue weighted by Gasteiger charge is 2.37. The third-order valence-electron chi connectivity index (χ3n) is 5.59. The fraction of sp³-hybridized carbons (Fsp3) is 0.476. The van der Waals surface area contributed by atoms with Gasteiger partial charge in [-0.15, -0.1) is 0 Å². The lowest BCUT2D eigenvalue weighted by atomic mass is 10.1. The van der Waals surface area contributed by atoms with E-state index >= 15 is 0 Å². The van der Waals surface area contributed by atoms with Gasteiger partial charge in [0.2, 0.25) is 5.91 Å². The number of hydrogen-bond acceptors (Lipinski definition) is 6. The van der Waals surface area contributed by atoms with Gasteiger partial charge in [-0.2, -0.15) is 18.3 Å². The minimum absolute atomic E-state index is 0.00519. The molecule has 0 bridgehead atoms. The Morgan fingerprint density at radius 2 is 2.09 bits per heavy atom. The van der Waals surface area contributed by atoms with Gasteiger partial charge in [0.25, 0.3) is 5.91 Å². The van der Waals surface area contributed by atoms with Crippen LogP contribution in [0.1, 0.15) is 46.7 Å². The molecule has 0 atom stereocenters. The van der Waals surface area contributed by atoms with Crippen LogP contribution >= 0.6 is 0 Å². The Morgan fingerprint density at radius 3 is 2.67 bits per heavy atom. The molecule has 0 aliphatic carbocycles. The van der Waals surface area contributed by atoms with Crippen LogP contribution in [0.3, 0.4) is 0 Å². The zero-order chi connectivity index (χ0) is 24.5. The second-order valence-corrected chi connectivity index (χ2v) is 7.93. The van der Waals surface area contributed by atoms with Gasteiger partial charge < -0.3 is 10.2 Å². The number of imidazole rings is 1. The molecule has 1 aliphatic rings. The quantitative estimate of drug-likeness (QED) is 0.483. The predicted octanol–water partition coefficient (Wildman–Crippen LogP) is 2.39. The Kier molecular flexibility index (Phi) is 6.75. The number of aryl methyl sites for hydroxylation is 2. The number of amides is 2. The number of carbonyl (C=O) groups is 2. The molecule has 0 saturated carbocycles. The summed E-state index contributed by atoms with van der Waals surface area (Å²) in [5.74, 6) is -0.439. The Balaban J connectivity index is 1.78. The largest absolute Gasteiger partial charge is 0.435 e. The van der Waals surface area contributed by atoms with Crippen molar-refractivity contribution in [2.75, 3.05) is 27.2 Å². The average molecular weight is 465 g/mol. The molecular formula is C21H26F3N7O2. The first-order valence-electron chi connectivity index (χ1n) is 10.4. The van der Waals surface area contributed by atoms with Crippen LogP contribution in [0.15, 0.2) is 18.3 Å². The molecule has 2 amide bonds. The maximum atomic E-state index is 13.3. The summed E-state index contributed by atoms with van der Waals surface area (Å²) in [6.45, 7) is 6.00. The van der Waals surface area contributed by atoms with Crippen molar-refractivity contribution in [3.8, 4) is 0 Å². The third-order valence-corrected chi connectivity index (χ3v) is 5.59. The van der Waals surface area contributed by atoms with Crippen LogP contribution in [-0.2, 0) is 17.4 Å². The lowest BCUT2D eigenvalue weighted by molar-refractivity contribution is -0.141. The van der Waals surface area contributed by atoms with Gasteiger partial charge in [0, 0.05) is 32.8 Å². The molecular weight excluding hydrogens is 439 g/mol. The number of allylic oxidation sites excluding steroid dienone is 1. The Labute approximate surface area is 188 Å². The maximum absolute atomic E-state index is 13.3. The van der Waals surface area contributed by atoms with E-state index in [1.165, 1.54) is 24.9 Å². The van der Waals surface area contributed by atoms with E-state index in [0.29, 0.717) is 37.2 Å². The van der Waals surface area contributed by atoms with Crippen molar-refractivity contribution in [1.82, 2.24) is 29.7 Å². The molecule has 3 rings (SSSR count). The molecule has 2 N–H and O–H groups in total. The van der Waals surface area contributed by atoms with Crippen molar-refractivity contribution in [3.63, 3.8) is 0 Å². The van der Waals surface area contributed by atoms with Gasteiger partial charge in [-0.25, -0.2) is 9.50 Å². The number of amidine groups is 1. The monoisotopic (exact) mass is 465 g/mol. The smallest absolute Gasteiger partial charge is 0.371 e.